The molecule has 0 saturated carbocycles. The van der Waals surface area contributed by atoms with Crippen LogP contribution in [-0.4, -0.2) is 47.8 Å². The van der Waals surface area contributed by atoms with Crippen molar-refractivity contribution in [3.05, 3.63) is 0 Å². The molecule has 9 nitrogen and oxygen atoms in total. The highest BCUT2D eigenvalue weighted by molar-refractivity contribution is 5.82. The van der Waals surface area contributed by atoms with Crippen LogP contribution in [0.25, 0.3) is 0 Å². The topological polar surface area (TPSA) is 149 Å². The summed E-state index contributed by atoms with van der Waals surface area (Å²) in [5.41, 5.74) is 12.8. The molecule has 19 heavy (non-hydrogen) atoms. The second-order valence-corrected chi connectivity index (χ2v) is 4.98. The van der Waals surface area contributed by atoms with Crippen LogP contribution < -0.4 is 22.3 Å². The van der Waals surface area contributed by atoms with Crippen LogP contribution in [0.2, 0.25) is 0 Å². The van der Waals surface area contributed by atoms with Gasteiger partial charge in [0.25, 0.3) is 0 Å². The number of carbonyl (C=O) groups excluding carboxylic acids is 2. The Morgan fingerprint density at radius 2 is 1.84 bits per heavy atom. The Morgan fingerprint density at radius 1 is 1.26 bits per heavy atom. The van der Waals surface area contributed by atoms with Crippen molar-refractivity contribution in [3.63, 3.8) is 0 Å². The fourth-order valence-electron chi connectivity index (χ4n) is 0.757. The number of hydrogen-bond acceptors (Lipinski definition) is 8. The number of rotatable bonds is 7. The van der Waals surface area contributed by atoms with Crippen LogP contribution in [0.15, 0.2) is 0 Å². The highest BCUT2D eigenvalue weighted by Crippen LogP contribution is 1.98. The highest BCUT2D eigenvalue weighted by Gasteiger charge is 2.20. The quantitative estimate of drug-likeness (QED) is 0.254. The number of nitrogens with one attached hydrogen (secondary N) is 2. The van der Waals surface area contributed by atoms with Gasteiger partial charge >= 0.3 is 5.97 Å². The van der Waals surface area contributed by atoms with Gasteiger partial charge in [-0.15, -0.1) is 0 Å². The van der Waals surface area contributed by atoms with Crippen LogP contribution in [0, 0.1) is 0 Å². The number of hydrogen-bond donors (Lipinski definition) is 5. The molecule has 0 aliphatic heterocycles. The maximum Gasteiger partial charge on any atom is 0.362 e. The van der Waals surface area contributed by atoms with Crippen molar-refractivity contribution < 1.29 is 24.6 Å². The number of aliphatic hydroxyl groups excluding tert-OH is 1. The Balaban J connectivity index is 3.91. The Kier molecular flexibility index (Phi) is 7.49. The molecule has 0 fully saturated rings. The standard InChI is InChI=1S/C10H22N4O5/c1-10(2,3)14-19-18-9(17)6(11)4-13-8(16)7(12)5-15/h6-7,14-15H,4-5,11-12H2,1-3H3,(H,13,16)/t6-,7?/m0/s1. The van der Waals surface area contributed by atoms with Crippen molar-refractivity contribution in [2.45, 2.75) is 38.4 Å². The van der Waals surface area contributed by atoms with Crippen LogP contribution in [-0.2, 0) is 19.5 Å². The summed E-state index contributed by atoms with van der Waals surface area (Å²) >= 11 is 0. The summed E-state index contributed by atoms with van der Waals surface area (Å²) in [6.07, 6.45) is 0. The number of aliphatic hydroxyl groups is 1. The third-order valence-corrected chi connectivity index (χ3v) is 1.80. The summed E-state index contributed by atoms with van der Waals surface area (Å²) in [5, 5.41) is 10.9. The first-order chi connectivity index (χ1) is 8.67. The maximum atomic E-state index is 11.3. The minimum absolute atomic E-state index is 0.176. The fraction of sp³-hybridized carbons (Fsp3) is 0.800. The van der Waals surface area contributed by atoms with E-state index in [4.69, 9.17) is 16.6 Å². The zero-order valence-electron chi connectivity index (χ0n) is 11.3. The molecular formula is C10H22N4O5. The van der Waals surface area contributed by atoms with E-state index in [1.807, 2.05) is 0 Å². The summed E-state index contributed by atoms with van der Waals surface area (Å²) in [7, 11) is 0. The molecule has 7 N–H and O–H groups in total. The lowest BCUT2D eigenvalue weighted by Gasteiger charge is -2.19. The van der Waals surface area contributed by atoms with Gasteiger partial charge in [0.05, 0.1) is 6.61 Å². The average Bonchev–Trinajstić information content (AvgIpc) is 2.32. The lowest BCUT2D eigenvalue weighted by Crippen LogP contribution is -2.49. The maximum absolute atomic E-state index is 11.3. The number of nitrogens with two attached hydrogens (primary N) is 2. The van der Waals surface area contributed by atoms with E-state index in [-0.39, 0.29) is 6.54 Å². The average molecular weight is 278 g/mol. The molecule has 0 saturated heterocycles. The first-order valence-corrected chi connectivity index (χ1v) is 5.71. The van der Waals surface area contributed by atoms with Gasteiger partial charge < -0.3 is 21.9 Å². The Bertz CT molecular complexity index is 305. The van der Waals surface area contributed by atoms with Gasteiger partial charge in [0.1, 0.15) is 12.1 Å². The largest absolute Gasteiger partial charge is 0.394 e. The molecule has 9 heteroatoms. The van der Waals surface area contributed by atoms with Gasteiger partial charge in [-0.2, -0.15) is 5.48 Å². The van der Waals surface area contributed by atoms with Gasteiger partial charge in [0, 0.05) is 12.1 Å². The lowest BCUT2D eigenvalue weighted by atomic mass is 10.1. The minimum atomic E-state index is -1.10. The van der Waals surface area contributed by atoms with Gasteiger partial charge in [-0.3, -0.25) is 9.68 Å². The van der Waals surface area contributed by atoms with Crippen molar-refractivity contribution >= 4 is 11.9 Å². The van der Waals surface area contributed by atoms with Gasteiger partial charge in [-0.25, -0.2) is 4.79 Å². The first-order valence-electron chi connectivity index (χ1n) is 5.71. The van der Waals surface area contributed by atoms with E-state index in [1.165, 1.54) is 0 Å². The van der Waals surface area contributed by atoms with E-state index in [9.17, 15) is 9.59 Å². The van der Waals surface area contributed by atoms with E-state index in [2.05, 4.69) is 20.7 Å². The molecule has 0 heterocycles. The van der Waals surface area contributed by atoms with E-state index in [1.54, 1.807) is 20.8 Å². The molecule has 0 rings (SSSR count). The molecule has 0 radical (unpaired) electrons. The van der Waals surface area contributed by atoms with Gasteiger partial charge in [-0.05, 0) is 20.8 Å². The molecule has 0 aromatic rings. The SMILES string of the molecule is CC(C)(C)NOOC(=O)[C@@H](N)CNC(=O)C(N)CO. The monoisotopic (exact) mass is 278 g/mol. The fourth-order valence-corrected chi connectivity index (χ4v) is 0.757. The molecule has 0 aliphatic carbocycles. The predicted molar refractivity (Wildman–Crippen MR) is 66.1 cm³/mol. The molecule has 0 aromatic carbocycles. The third-order valence-electron chi connectivity index (χ3n) is 1.80. The molecular weight excluding hydrogens is 256 g/mol. The van der Waals surface area contributed by atoms with E-state index >= 15 is 0 Å². The lowest BCUT2D eigenvalue weighted by molar-refractivity contribution is -0.320. The molecule has 112 valence electrons. The second kappa shape index (κ2) is 8.02. The summed E-state index contributed by atoms with van der Waals surface area (Å²) in [4.78, 5) is 31.4. The zero-order chi connectivity index (χ0) is 15.1. The van der Waals surface area contributed by atoms with Crippen LogP contribution in [0.5, 0.6) is 0 Å². The van der Waals surface area contributed by atoms with Crippen molar-refractivity contribution in [3.8, 4) is 0 Å². The number of hydroxylamine groups is 1. The first kappa shape index (κ1) is 17.7. The molecule has 0 bridgehead atoms. The van der Waals surface area contributed by atoms with Crippen LogP contribution in [0.4, 0.5) is 0 Å². The van der Waals surface area contributed by atoms with Crippen molar-refractivity contribution in [1.82, 2.24) is 10.8 Å². The van der Waals surface area contributed by atoms with Crippen LogP contribution in [0.3, 0.4) is 0 Å². The van der Waals surface area contributed by atoms with E-state index in [0.717, 1.165) is 0 Å². The third kappa shape index (κ3) is 8.46. The second-order valence-electron chi connectivity index (χ2n) is 4.98. The Hall–Kier alpha value is -1.26. The predicted octanol–water partition coefficient (Wildman–Crippen LogP) is -2.47. The van der Waals surface area contributed by atoms with E-state index in [0.29, 0.717) is 0 Å². The minimum Gasteiger partial charge on any atom is -0.394 e. The number of amides is 1. The highest BCUT2D eigenvalue weighted by atomic mass is 17.3. The van der Waals surface area contributed by atoms with Gasteiger partial charge in [0.15, 0.2) is 0 Å². The van der Waals surface area contributed by atoms with Crippen molar-refractivity contribution in [2.24, 2.45) is 11.5 Å². The summed E-state index contributed by atoms with van der Waals surface area (Å²) in [5.74, 6) is -1.46. The molecule has 0 spiro atoms. The number of carbonyl (C=O) groups is 2. The normalized spacial score (nSPS) is 14.6. The summed E-state index contributed by atoms with van der Waals surface area (Å²) in [6, 6.07) is -2.15. The van der Waals surface area contributed by atoms with Crippen LogP contribution in [0.1, 0.15) is 20.8 Å². The zero-order valence-corrected chi connectivity index (χ0v) is 11.3. The van der Waals surface area contributed by atoms with Crippen molar-refractivity contribution in [2.75, 3.05) is 13.2 Å². The summed E-state index contributed by atoms with van der Waals surface area (Å²) < 4.78 is 0. The molecule has 1 unspecified atom stereocenters. The van der Waals surface area contributed by atoms with Gasteiger partial charge in [0.2, 0.25) is 5.91 Å². The van der Waals surface area contributed by atoms with Gasteiger partial charge in [-0.1, -0.05) is 4.99 Å². The molecule has 0 aromatic heterocycles. The summed E-state index contributed by atoms with van der Waals surface area (Å²) in [6.45, 7) is 4.74. The molecule has 0 aliphatic rings. The van der Waals surface area contributed by atoms with Crippen LogP contribution >= 0.6 is 0 Å². The van der Waals surface area contributed by atoms with E-state index < -0.39 is 36.1 Å². The smallest absolute Gasteiger partial charge is 0.362 e. The molecule has 2 atom stereocenters. The van der Waals surface area contributed by atoms with Crippen molar-refractivity contribution in [1.29, 1.82) is 0 Å². The molecule has 1 amide bonds. The Morgan fingerprint density at radius 3 is 2.32 bits per heavy atom. The Labute approximate surface area is 111 Å².